The highest BCUT2D eigenvalue weighted by atomic mass is 16.6. The summed E-state index contributed by atoms with van der Waals surface area (Å²) in [4.78, 5) is 21.7. The highest BCUT2D eigenvalue weighted by Crippen LogP contribution is 2.32. The number of hydrogen-bond acceptors (Lipinski definition) is 6. The second-order valence-electron chi connectivity index (χ2n) is 4.17. The van der Waals surface area contributed by atoms with Gasteiger partial charge in [0.1, 0.15) is 5.75 Å². The summed E-state index contributed by atoms with van der Waals surface area (Å²) in [6.45, 7) is 0. The van der Waals surface area contributed by atoms with Crippen molar-refractivity contribution in [2.24, 2.45) is 0 Å². The van der Waals surface area contributed by atoms with Gasteiger partial charge in [0.05, 0.1) is 29.2 Å². The first-order chi connectivity index (χ1) is 10.5. The molecule has 0 aliphatic carbocycles. The lowest BCUT2D eigenvalue weighted by atomic mass is 10.2. The topological polar surface area (TPSA) is 102 Å². The summed E-state index contributed by atoms with van der Waals surface area (Å²) in [5.74, 6) is -0.161. The minimum Gasteiger partial charge on any atom is -0.465 e. The molecule has 0 aliphatic heterocycles. The molecular weight excluding hydrogens is 288 g/mol. The monoisotopic (exact) mass is 298 g/mol. The summed E-state index contributed by atoms with van der Waals surface area (Å²) >= 11 is 0. The molecule has 0 fully saturated rings. The van der Waals surface area contributed by atoms with E-state index in [4.69, 9.17) is 10.00 Å². The zero-order valence-electron chi connectivity index (χ0n) is 11.5. The zero-order valence-corrected chi connectivity index (χ0v) is 11.5. The first kappa shape index (κ1) is 15.0. The number of carbonyl (C=O) groups excluding carboxylic acids is 1. The van der Waals surface area contributed by atoms with Gasteiger partial charge in [-0.15, -0.1) is 0 Å². The standard InChI is InChI=1S/C15H10N2O5/c1-21-15(18)11-3-5-12(6-4-11)22-14-7-2-10(9-16)8-13(14)17(19)20/h2-8H,1H3. The van der Waals surface area contributed by atoms with Crippen LogP contribution in [0.3, 0.4) is 0 Å². The summed E-state index contributed by atoms with van der Waals surface area (Å²) in [5.41, 5.74) is 0.195. The molecule has 0 radical (unpaired) electrons. The summed E-state index contributed by atoms with van der Waals surface area (Å²) in [6.07, 6.45) is 0. The Hall–Kier alpha value is -3.40. The minimum absolute atomic E-state index is 0.00909. The number of methoxy groups -OCH3 is 1. The smallest absolute Gasteiger partial charge is 0.337 e. The van der Waals surface area contributed by atoms with E-state index in [-0.39, 0.29) is 17.0 Å². The molecule has 0 spiro atoms. The lowest BCUT2D eigenvalue weighted by molar-refractivity contribution is -0.385. The van der Waals surface area contributed by atoms with Gasteiger partial charge >= 0.3 is 11.7 Å². The van der Waals surface area contributed by atoms with Gasteiger partial charge in [0.15, 0.2) is 0 Å². The number of nitro benzene ring substituents is 1. The molecule has 2 rings (SSSR count). The van der Waals surface area contributed by atoms with Gasteiger partial charge in [-0.25, -0.2) is 4.79 Å². The Kier molecular flexibility index (Phi) is 4.34. The van der Waals surface area contributed by atoms with Crippen molar-refractivity contribution in [1.29, 1.82) is 5.26 Å². The predicted molar refractivity (Wildman–Crippen MR) is 75.7 cm³/mol. The lowest BCUT2D eigenvalue weighted by Crippen LogP contribution is -2.00. The van der Waals surface area contributed by atoms with Crippen molar-refractivity contribution in [1.82, 2.24) is 0 Å². The Bertz CT molecular complexity index is 762. The normalized spacial score (nSPS) is 9.64. The maximum Gasteiger partial charge on any atom is 0.337 e. The van der Waals surface area contributed by atoms with Crippen molar-refractivity contribution in [3.05, 3.63) is 63.7 Å². The van der Waals surface area contributed by atoms with Crippen LogP contribution in [0.2, 0.25) is 0 Å². The van der Waals surface area contributed by atoms with E-state index in [1.165, 1.54) is 43.5 Å². The maximum atomic E-state index is 11.3. The second kappa shape index (κ2) is 6.37. The SMILES string of the molecule is COC(=O)c1ccc(Oc2ccc(C#N)cc2[N+](=O)[O-])cc1. The van der Waals surface area contributed by atoms with Crippen LogP contribution < -0.4 is 4.74 Å². The number of carbonyl (C=O) groups is 1. The van der Waals surface area contributed by atoms with Crippen LogP contribution in [-0.4, -0.2) is 18.0 Å². The van der Waals surface area contributed by atoms with E-state index in [0.29, 0.717) is 11.3 Å². The van der Waals surface area contributed by atoms with Crippen LogP contribution in [0.1, 0.15) is 15.9 Å². The third kappa shape index (κ3) is 3.19. The number of rotatable bonds is 4. The van der Waals surface area contributed by atoms with E-state index in [2.05, 4.69) is 4.74 Å². The van der Waals surface area contributed by atoms with Gasteiger partial charge in [-0.2, -0.15) is 5.26 Å². The summed E-state index contributed by atoms with van der Waals surface area (Å²) in [5, 5.41) is 19.8. The molecule has 7 nitrogen and oxygen atoms in total. The number of nitro groups is 1. The maximum absolute atomic E-state index is 11.3. The Labute approximate surface area is 125 Å². The molecule has 0 atom stereocenters. The molecule has 7 heteroatoms. The molecule has 0 heterocycles. The van der Waals surface area contributed by atoms with Gasteiger partial charge in [-0.05, 0) is 36.4 Å². The Morgan fingerprint density at radius 1 is 1.23 bits per heavy atom. The van der Waals surface area contributed by atoms with Gasteiger partial charge in [-0.3, -0.25) is 10.1 Å². The quantitative estimate of drug-likeness (QED) is 0.488. The first-order valence-electron chi connectivity index (χ1n) is 6.10. The molecule has 2 aromatic rings. The van der Waals surface area contributed by atoms with Crippen LogP contribution in [0.15, 0.2) is 42.5 Å². The van der Waals surface area contributed by atoms with Crippen LogP contribution in [-0.2, 0) is 4.74 Å². The largest absolute Gasteiger partial charge is 0.465 e. The van der Waals surface area contributed by atoms with E-state index in [1.54, 1.807) is 0 Å². The van der Waals surface area contributed by atoms with Crippen molar-refractivity contribution >= 4 is 11.7 Å². The molecule has 0 N–H and O–H groups in total. The van der Waals surface area contributed by atoms with E-state index >= 15 is 0 Å². The molecular formula is C15H10N2O5. The Morgan fingerprint density at radius 2 is 1.91 bits per heavy atom. The van der Waals surface area contributed by atoms with Gasteiger partial charge in [0.2, 0.25) is 5.75 Å². The van der Waals surface area contributed by atoms with Crippen molar-refractivity contribution < 1.29 is 19.2 Å². The Morgan fingerprint density at radius 3 is 2.45 bits per heavy atom. The summed E-state index contributed by atoms with van der Waals surface area (Å²) < 4.78 is 10.0. The fraction of sp³-hybridized carbons (Fsp3) is 0.0667. The summed E-state index contributed by atoms with van der Waals surface area (Å²) in [6, 6.07) is 11.7. The third-order valence-electron chi connectivity index (χ3n) is 2.79. The number of hydrogen-bond donors (Lipinski definition) is 0. The number of ether oxygens (including phenoxy) is 2. The molecule has 0 aromatic heterocycles. The van der Waals surface area contributed by atoms with Crippen LogP contribution >= 0.6 is 0 Å². The second-order valence-corrected chi connectivity index (χ2v) is 4.17. The molecule has 0 unspecified atom stereocenters. The van der Waals surface area contributed by atoms with E-state index in [1.807, 2.05) is 6.07 Å². The zero-order chi connectivity index (χ0) is 16.1. The Balaban J connectivity index is 2.29. The van der Waals surface area contributed by atoms with E-state index < -0.39 is 10.9 Å². The number of nitrogens with zero attached hydrogens (tertiary/aromatic N) is 2. The van der Waals surface area contributed by atoms with E-state index in [0.717, 1.165) is 6.07 Å². The molecule has 0 saturated heterocycles. The molecule has 22 heavy (non-hydrogen) atoms. The fourth-order valence-electron chi connectivity index (χ4n) is 1.72. The predicted octanol–water partition coefficient (Wildman–Crippen LogP) is 3.05. The molecule has 2 aromatic carbocycles. The molecule has 0 bridgehead atoms. The number of nitriles is 1. The van der Waals surface area contributed by atoms with E-state index in [9.17, 15) is 14.9 Å². The van der Waals surface area contributed by atoms with Crippen LogP contribution in [0.25, 0.3) is 0 Å². The average molecular weight is 298 g/mol. The fourth-order valence-corrected chi connectivity index (χ4v) is 1.72. The lowest BCUT2D eigenvalue weighted by Gasteiger charge is -2.07. The van der Waals surface area contributed by atoms with Gasteiger partial charge in [0, 0.05) is 6.07 Å². The third-order valence-corrected chi connectivity index (χ3v) is 2.79. The molecule has 0 amide bonds. The highest BCUT2D eigenvalue weighted by Gasteiger charge is 2.17. The van der Waals surface area contributed by atoms with Crippen molar-refractivity contribution in [3.63, 3.8) is 0 Å². The number of benzene rings is 2. The van der Waals surface area contributed by atoms with Crippen molar-refractivity contribution in [2.75, 3.05) is 7.11 Å². The molecule has 0 saturated carbocycles. The summed E-state index contributed by atoms with van der Waals surface area (Å²) in [7, 11) is 1.27. The minimum atomic E-state index is -0.626. The van der Waals surface area contributed by atoms with Crippen molar-refractivity contribution in [3.8, 4) is 17.6 Å². The molecule has 0 aliphatic rings. The van der Waals surface area contributed by atoms with Gasteiger partial charge in [0.25, 0.3) is 0 Å². The van der Waals surface area contributed by atoms with Gasteiger partial charge < -0.3 is 9.47 Å². The number of esters is 1. The van der Waals surface area contributed by atoms with Crippen molar-refractivity contribution in [2.45, 2.75) is 0 Å². The first-order valence-corrected chi connectivity index (χ1v) is 6.10. The van der Waals surface area contributed by atoms with Crippen LogP contribution in [0.5, 0.6) is 11.5 Å². The van der Waals surface area contributed by atoms with Crippen LogP contribution in [0, 0.1) is 21.4 Å². The average Bonchev–Trinajstić information content (AvgIpc) is 2.55. The van der Waals surface area contributed by atoms with Gasteiger partial charge in [-0.1, -0.05) is 0 Å². The highest BCUT2D eigenvalue weighted by molar-refractivity contribution is 5.89. The molecule has 110 valence electrons. The van der Waals surface area contributed by atoms with Crippen LogP contribution in [0.4, 0.5) is 5.69 Å².